The molecule has 0 saturated heterocycles. The van der Waals surface area contributed by atoms with Gasteiger partial charge in [-0.25, -0.2) is 0 Å². The van der Waals surface area contributed by atoms with Gasteiger partial charge in [-0.05, 0) is 39.9 Å². The summed E-state index contributed by atoms with van der Waals surface area (Å²) in [5, 5.41) is 14.9. The highest BCUT2D eigenvalue weighted by Crippen LogP contribution is 2.55. The number of nitrogens with one attached hydrogen (secondary N) is 1. The molecule has 0 amide bonds. The van der Waals surface area contributed by atoms with Gasteiger partial charge in [-0.3, -0.25) is 0 Å². The second kappa shape index (κ2) is 11.1. The highest BCUT2D eigenvalue weighted by molar-refractivity contribution is 6.48. The number of aromatic amines is 1. The molecule has 2 nitrogen and oxygen atoms in total. The van der Waals surface area contributed by atoms with Crippen molar-refractivity contribution in [2.75, 3.05) is 0 Å². The number of rotatable bonds is 6. The third kappa shape index (κ3) is 4.41. The number of hydrogen-bond acceptors (Lipinski definition) is 1. The largest absolute Gasteiger partial charge is 0.505 e. The molecule has 1 aromatic heterocycles. The van der Waals surface area contributed by atoms with Crippen LogP contribution in [0.1, 0.15) is 33.4 Å². The number of phenols is 1. The van der Waals surface area contributed by atoms with Crippen LogP contribution in [-0.2, 0) is 11.8 Å². The molecule has 43 heavy (non-hydrogen) atoms. The maximum atomic E-state index is 12.3. The van der Waals surface area contributed by atoms with E-state index in [9.17, 15) is 5.11 Å². The number of H-pyrrole nitrogens is 1. The molecule has 0 spiro atoms. The summed E-state index contributed by atoms with van der Waals surface area (Å²) in [5.74, 6) is 0.133. The first-order valence-electron chi connectivity index (χ1n) is 14.1. The van der Waals surface area contributed by atoms with Crippen molar-refractivity contribution >= 4 is 56.6 Å². The SMILES string of the molecule is Oc1c(Cc2ccccc2)c(C(c2ccccc2)(c2ccccc2)c2ccccc2)c(Cl)c2c1[nH]c1ccc(Cl)c(Cl)c12. The van der Waals surface area contributed by atoms with Crippen molar-refractivity contribution in [2.45, 2.75) is 11.8 Å². The normalized spacial score (nSPS) is 11.8. The minimum absolute atomic E-state index is 0.133. The molecule has 5 heteroatoms. The molecular weight excluding hydrogens is 593 g/mol. The van der Waals surface area contributed by atoms with E-state index in [0.717, 1.165) is 38.9 Å². The van der Waals surface area contributed by atoms with Crippen LogP contribution < -0.4 is 0 Å². The molecule has 0 fully saturated rings. The predicted octanol–water partition coefficient (Wildman–Crippen LogP) is 11.0. The second-order valence-corrected chi connectivity index (χ2v) is 11.8. The van der Waals surface area contributed by atoms with Gasteiger partial charge in [0.1, 0.15) is 5.75 Å². The van der Waals surface area contributed by atoms with Gasteiger partial charge in [0.2, 0.25) is 0 Å². The van der Waals surface area contributed by atoms with Crippen LogP contribution in [0.25, 0.3) is 21.8 Å². The molecule has 2 N–H and O–H groups in total. The van der Waals surface area contributed by atoms with Gasteiger partial charge in [0.05, 0.1) is 26.0 Å². The van der Waals surface area contributed by atoms with Crippen LogP contribution in [-0.4, -0.2) is 10.1 Å². The number of benzene rings is 6. The van der Waals surface area contributed by atoms with Crippen LogP contribution in [0.4, 0.5) is 0 Å². The first-order valence-corrected chi connectivity index (χ1v) is 15.2. The number of halogens is 3. The third-order valence-electron chi connectivity index (χ3n) is 8.34. The highest BCUT2D eigenvalue weighted by atomic mass is 35.5. The lowest BCUT2D eigenvalue weighted by atomic mass is 9.63. The molecule has 0 bridgehead atoms. The van der Waals surface area contributed by atoms with Crippen LogP contribution in [0, 0.1) is 0 Å². The Bertz CT molecular complexity index is 1980. The van der Waals surface area contributed by atoms with Crippen molar-refractivity contribution in [1.82, 2.24) is 4.98 Å². The lowest BCUT2D eigenvalue weighted by Crippen LogP contribution is -2.33. The van der Waals surface area contributed by atoms with E-state index in [1.54, 1.807) is 6.07 Å². The van der Waals surface area contributed by atoms with Crippen molar-refractivity contribution in [3.63, 3.8) is 0 Å². The summed E-state index contributed by atoms with van der Waals surface area (Å²) < 4.78 is 0. The molecule has 0 saturated carbocycles. The average molecular weight is 619 g/mol. The van der Waals surface area contributed by atoms with Crippen molar-refractivity contribution in [3.8, 4) is 5.75 Å². The average Bonchev–Trinajstić information content (AvgIpc) is 3.46. The fourth-order valence-electron chi connectivity index (χ4n) is 6.51. The highest BCUT2D eigenvalue weighted by Gasteiger charge is 2.43. The van der Waals surface area contributed by atoms with Crippen molar-refractivity contribution in [1.29, 1.82) is 0 Å². The Balaban J connectivity index is 1.74. The van der Waals surface area contributed by atoms with E-state index in [1.165, 1.54) is 0 Å². The fraction of sp³-hybridized carbons (Fsp3) is 0.0526. The van der Waals surface area contributed by atoms with Crippen LogP contribution in [0.15, 0.2) is 133 Å². The standard InChI is InChI=1S/C38H26Cl3NO/c39-29-21-22-30-31(34(29)40)32-35(41)33(28(37(43)36(32)42-30)23-24-13-5-1-6-14-24)38(25-15-7-2-8-16-25,26-17-9-3-10-18-26)27-19-11-4-12-20-27/h1-22,42-43H,23H2. The monoisotopic (exact) mass is 617 g/mol. The summed E-state index contributed by atoms with van der Waals surface area (Å²) in [6.07, 6.45) is 0.454. The summed E-state index contributed by atoms with van der Waals surface area (Å²) in [6, 6.07) is 44.8. The molecule has 0 radical (unpaired) electrons. The Morgan fingerprint density at radius 3 is 1.56 bits per heavy atom. The molecule has 0 aliphatic rings. The van der Waals surface area contributed by atoms with Crippen molar-refractivity contribution < 1.29 is 5.11 Å². The van der Waals surface area contributed by atoms with E-state index in [2.05, 4.69) is 53.5 Å². The molecule has 6 aromatic carbocycles. The molecule has 7 rings (SSSR count). The molecular formula is C38H26Cl3NO. The van der Waals surface area contributed by atoms with Crippen LogP contribution in [0.2, 0.25) is 15.1 Å². The molecule has 0 atom stereocenters. The molecule has 7 aromatic rings. The zero-order valence-electron chi connectivity index (χ0n) is 23.0. The smallest absolute Gasteiger partial charge is 0.143 e. The van der Waals surface area contributed by atoms with E-state index in [0.29, 0.717) is 37.8 Å². The first-order chi connectivity index (χ1) is 21.0. The lowest BCUT2D eigenvalue weighted by molar-refractivity contribution is 0.472. The number of aromatic hydroxyl groups is 1. The van der Waals surface area contributed by atoms with Gasteiger partial charge in [-0.15, -0.1) is 0 Å². The minimum Gasteiger partial charge on any atom is -0.505 e. The van der Waals surface area contributed by atoms with Crippen LogP contribution in [0.3, 0.4) is 0 Å². The Hall–Kier alpha value is -4.21. The summed E-state index contributed by atoms with van der Waals surface area (Å²) >= 11 is 21.1. The first kappa shape index (κ1) is 27.6. The molecule has 0 aliphatic heterocycles. The van der Waals surface area contributed by atoms with E-state index >= 15 is 0 Å². The zero-order chi connectivity index (χ0) is 29.6. The Labute approximate surface area is 265 Å². The second-order valence-electron chi connectivity index (χ2n) is 10.7. The maximum Gasteiger partial charge on any atom is 0.143 e. The Morgan fingerprint density at radius 1 is 0.558 bits per heavy atom. The molecule has 210 valence electrons. The number of aromatic nitrogens is 1. The van der Waals surface area contributed by atoms with Gasteiger partial charge in [-0.1, -0.05) is 156 Å². The lowest BCUT2D eigenvalue weighted by Gasteiger charge is -2.39. The third-order valence-corrected chi connectivity index (χ3v) is 9.52. The van der Waals surface area contributed by atoms with Gasteiger partial charge < -0.3 is 10.1 Å². The van der Waals surface area contributed by atoms with Gasteiger partial charge in [0, 0.05) is 28.3 Å². The quantitative estimate of drug-likeness (QED) is 0.179. The van der Waals surface area contributed by atoms with Gasteiger partial charge in [0.15, 0.2) is 0 Å². The van der Waals surface area contributed by atoms with Gasteiger partial charge >= 0.3 is 0 Å². The zero-order valence-corrected chi connectivity index (χ0v) is 25.3. The van der Waals surface area contributed by atoms with E-state index in [-0.39, 0.29) is 5.75 Å². The maximum absolute atomic E-state index is 12.3. The van der Waals surface area contributed by atoms with E-state index in [1.807, 2.05) is 78.9 Å². The minimum atomic E-state index is -0.898. The predicted molar refractivity (Wildman–Crippen MR) is 180 cm³/mol. The number of phenolic OH excluding ortho intramolecular Hbond substituents is 1. The van der Waals surface area contributed by atoms with Gasteiger partial charge in [-0.2, -0.15) is 0 Å². The Morgan fingerprint density at radius 2 is 1.05 bits per heavy atom. The van der Waals surface area contributed by atoms with E-state index in [4.69, 9.17) is 34.8 Å². The van der Waals surface area contributed by atoms with Crippen LogP contribution in [0.5, 0.6) is 5.75 Å². The fourth-order valence-corrected chi connectivity index (χ4v) is 7.37. The number of fused-ring (bicyclic) bond motifs is 3. The molecule has 0 aliphatic carbocycles. The summed E-state index contributed by atoms with van der Waals surface area (Å²) in [4.78, 5) is 3.40. The molecule has 1 heterocycles. The van der Waals surface area contributed by atoms with Crippen molar-refractivity contribution in [2.24, 2.45) is 0 Å². The topological polar surface area (TPSA) is 36.0 Å². The Kier molecular flexibility index (Phi) is 7.15. The number of hydrogen-bond donors (Lipinski definition) is 2. The van der Waals surface area contributed by atoms with Crippen LogP contribution >= 0.6 is 34.8 Å². The van der Waals surface area contributed by atoms with Gasteiger partial charge in [0.25, 0.3) is 0 Å². The molecule has 0 unspecified atom stereocenters. The van der Waals surface area contributed by atoms with Crippen molar-refractivity contribution in [3.05, 3.63) is 182 Å². The van der Waals surface area contributed by atoms with E-state index < -0.39 is 5.41 Å². The summed E-state index contributed by atoms with van der Waals surface area (Å²) in [5.41, 5.74) is 6.01. The summed E-state index contributed by atoms with van der Waals surface area (Å²) in [6.45, 7) is 0. The summed E-state index contributed by atoms with van der Waals surface area (Å²) in [7, 11) is 0.